The van der Waals surface area contributed by atoms with Crippen LogP contribution < -0.4 is 19.5 Å². The van der Waals surface area contributed by atoms with E-state index in [2.05, 4.69) is 0 Å². The Kier molecular flexibility index (Phi) is 18.9. The van der Waals surface area contributed by atoms with Crippen LogP contribution in [0.15, 0.2) is 138 Å². The van der Waals surface area contributed by atoms with Gasteiger partial charge in [-0.15, -0.1) is 0 Å². The number of carbonyl (C=O) groups is 5. The Morgan fingerprint density at radius 2 is 1.02 bits per heavy atom. The summed E-state index contributed by atoms with van der Waals surface area (Å²) in [5.41, 5.74) is -0.474. The first-order valence-electron chi connectivity index (χ1n) is 24.4. The van der Waals surface area contributed by atoms with Crippen LogP contribution in [0, 0.1) is 22.7 Å². The molecular weight excluding hydrogens is 1070 g/mol. The molecule has 2 atom stereocenters. The number of nitrogens with zero attached hydrogens (tertiary/aromatic N) is 8. The van der Waals surface area contributed by atoms with E-state index in [-0.39, 0.29) is 73.1 Å². The molecule has 2 aliphatic rings. The van der Waals surface area contributed by atoms with Gasteiger partial charge in [0.25, 0.3) is 0 Å². The summed E-state index contributed by atoms with van der Waals surface area (Å²) < 4.78 is 130. The highest BCUT2D eigenvalue weighted by Crippen LogP contribution is 2.44. The number of hydrogen-bond donors (Lipinski definition) is 0. The molecule has 80 heavy (non-hydrogen) atoms. The monoisotopic (exact) mass is 1120 g/mol. The standard InChI is InChI=1S/C53H49F6N8O6.C2HF3O2/c1-5-72-48(68)44-34(3)66(42-13-7-11-40(29-42)52(54,55)56)50(70)64(46(44)38-19-15-36(31-60)16-20-38)25-9-23-62-27-28-63(33-62)24-10-26-65-47(39-21-17-37(32-61)18-22-39)45(49(69)73-6-2)35(4)67(51(65)71)43-14-8-12-41(30-43)53(57,58)59;3-2(4,5)1(6)7/h7-8,11-22,27-30,33,46-47H,5-6,9-10,23-26H2,1-4H3;(H,6,7)/q+1;/p-1. The average molecular weight is 1120 g/mol. The van der Waals surface area contributed by atoms with Crippen LogP contribution in [-0.4, -0.2) is 76.8 Å². The molecular formula is C55H49F9N8O8. The summed E-state index contributed by atoms with van der Waals surface area (Å²) in [6.07, 6.45) is -8.78. The van der Waals surface area contributed by atoms with Gasteiger partial charge in [-0.05, 0) is 99.5 Å². The summed E-state index contributed by atoms with van der Waals surface area (Å²) in [6, 6.07) is 21.6. The van der Waals surface area contributed by atoms with E-state index in [9.17, 15) is 69.2 Å². The summed E-state index contributed by atoms with van der Waals surface area (Å²) in [5.74, 6) is -4.57. The molecule has 2 unspecified atom stereocenters. The van der Waals surface area contributed by atoms with E-state index >= 15 is 0 Å². The van der Waals surface area contributed by atoms with Crippen molar-refractivity contribution in [2.75, 3.05) is 36.1 Å². The number of carboxylic acids is 1. The number of rotatable bonds is 16. The van der Waals surface area contributed by atoms with Gasteiger partial charge in [0.2, 0.25) is 6.33 Å². The van der Waals surface area contributed by atoms with Crippen LogP contribution in [0.2, 0.25) is 0 Å². The lowest BCUT2D eigenvalue weighted by atomic mass is 9.92. The van der Waals surface area contributed by atoms with Gasteiger partial charge in [-0.1, -0.05) is 36.4 Å². The summed E-state index contributed by atoms with van der Waals surface area (Å²) in [6.45, 7) is 6.69. The highest BCUT2D eigenvalue weighted by Gasteiger charge is 2.45. The molecule has 0 fully saturated rings. The molecule has 0 bridgehead atoms. The van der Waals surface area contributed by atoms with Crippen molar-refractivity contribution in [2.24, 2.45) is 0 Å². The Hall–Kier alpha value is -9.13. The summed E-state index contributed by atoms with van der Waals surface area (Å²) in [5, 5.41) is 27.8. The number of urea groups is 2. The maximum Gasteiger partial charge on any atom is 0.430 e. The number of hydrogen-bond acceptors (Lipinski definition) is 10. The van der Waals surface area contributed by atoms with E-state index in [0.717, 1.165) is 34.1 Å². The highest BCUT2D eigenvalue weighted by atomic mass is 19.4. The summed E-state index contributed by atoms with van der Waals surface area (Å²) in [4.78, 5) is 70.7. The SMILES string of the molecule is CCOC(=O)C1=C(C)N(c2cccc(C(F)(F)F)c2)C(=O)N(CCCn2cc[n+](CCCN3C(=O)N(c4cccc(C(F)(F)F)c4)C(C)=C(C(=O)OCC)C3c3ccc(C#N)cc3)c2)C1c1ccc(C#N)cc1.O=C([O-])C(F)(F)F. The second-order valence-corrected chi connectivity index (χ2v) is 17.8. The molecule has 0 N–H and O–H groups in total. The van der Waals surface area contributed by atoms with Gasteiger partial charge < -0.3 is 29.2 Å². The number of esters is 2. The number of halogens is 9. The molecule has 7 rings (SSSR count). The van der Waals surface area contributed by atoms with Gasteiger partial charge in [-0.3, -0.25) is 9.80 Å². The van der Waals surface area contributed by atoms with Gasteiger partial charge in [0.05, 0.1) is 95.3 Å². The van der Waals surface area contributed by atoms with Crippen LogP contribution >= 0.6 is 0 Å². The van der Waals surface area contributed by atoms with Crippen LogP contribution in [0.5, 0.6) is 0 Å². The van der Waals surface area contributed by atoms with E-state index in [1.54, 1.807) is 56.8 Å². The van der Waals surface area contributed by atoms with Crippen LogP contribution in [0.3, 0.4) is 0 Å². The van der Waals surface area contributed by atoms with Gasteiger partial charge in [0.15, 0.2) is 0 Å². The molecule has 0 radical (unpaired) electrons. The number of ether oxygens (including phenoxy) is 2. The maximum atomic E-state index is 14.7. The molecule has 4 amide bonds. The molecule has 16 nitrogen and oxygen atoms in total. The first-order valence-corrected chi connectivity index (χ1v) is 24.4. The minimum Gasteiger partial charge on any atom is -0.542 e. The predicted octanol–water partition coefficient (Wildman–Crippen LogP) is 9.68. The third-order valence-corrected chi connectivity index (χ3v) is 12.7. The molecule has 0 spiro atoms. The van der Waals surface area contributed by atoms with Crippen molar-refractivity contribution >= 4 is 41.3 Å². The zero-order valence-electron chi connectivity index (χ0n) is 43.0. The Balaban J connectivity index is 0.00000138. The lowest BCUT2D eigenvalue weighted by molar-refractivity contribution is -0.696. The van der Waals surface area contributed by atoms with Crippen LogP contribution in [0.4, 0.5) is 60.5 Å². The first kappa shape index (κ1) is 60.1. The molecule has 0 saturated carbocycles. The summed E-state index contributed by atoms with van der Waals surface area (Å²) >= 11 is 0. The molecule has 420 valence electrons. The summed E-state index contributed by atoms with van der Waals surface area (Å²) in [7, 11) is 0. The third-order valence-electron chi connectivity index (χ3n) is 12.7. The van der Waals surface area contributed by atoms with Gasteiger partial charge in [-0.2, -0.15) is 50.0 Å². The molecule has 0 aliphatic carbocycles. The van der Waals surface area contributed by atoms with E-state index in [0.29, 0.717) is 35.3 Å². The molecule has 2 aliphatic heterocycles. The number of nitriles is 2. The Labute approximate surface area is 451 Å². The van der Waals surface area contributed by atoms with Crippen molar-refractivity contribution in [3.05, 3.63) is 172 Å². The topological polar surface area (TPSA) is 196 Å². The average Bonchev–Trinajstić information content (AvgIpc) is 4.01. The molecule has 5 aromatic rings. The second kappa shape index (κ2) is 25.1. The number of carboxylic acid groups (broad SMARTS) is 1. The molecule has 0 saturated heterocycles. The van der Waals surface area contributed by atoms with Crippen molar-refractivity contribution in [2.45, 2.75) is 84.2 Å². The Morgan fingerprint density at radius 3 is 1.39 bits per heavy atom. The maximum absolute atomic E-state index is 14.7. The molecule has 1 aromatic heterocycles. The van der Waals surface area contributed by atoms with Crippen LogP contribution in [-0.2, 0) is 49.3 Å². The number of aliphatic carboxylic acids is 1. The fourth-order valence-corrected chi connectivity index (χ4v) is 9.07. The van der Waals surface area contributed by atoms with Crippen LogP contribution in [0.1, 0.15) is 86.0 Å². The fraction of sp³-hybridized carbons (Fsp3) is 0.309. The number of benzene rings is 4. The van der Waals surface area contributed by atoms with Crippen molar-refractivity contribution < 1.29 is 82.6 Å². The zero-order valence-corrected chi connectivity index (χ0v) is 43.0. The lowest BCUT2D eigenvalue weighted by Crippen LogP contribution is -2.51. The third kappa shape index (κ3) is 13.8. The number of amides is 4. The number of aryl methyl sites for hydroxylation is 2. The largest absolute Gasteiger partial charge is 0.542 e. The Morgan fingerprint density at radius 1 is 0.625 bits per heavy atom. The zero-order chi connectivity index (χ0) is 58.9. The van der Waals surface area contributed by atoms with Crippen molar-refractivity contribution in [3.8, 4) is 12.1 Å². The number of alkyl halides is 9. The van der Waals surface area contributed by atoms with Gasteiger partial charge in [0.1, 0.15) is 18.4 Å². The number of imidazole rings is 1. The van der Waals surface area contributed by atoms with Crippen molar-refractivity contribution in [1.29, 1.82) is 10.5 Å². The Bertz CT molecular complexity index is 3070. The number of anilines is 2. The molecule has 3 heterocycles. The lowest BCUT2D eigenvalue weighted by Gasteiger charge is -2.43. The normalized spacial score (nSPS) is 16.0. The van der Waals surface area contributed by atoms with Gasteiger partial charge in [0, 0.05) is 37.3 Å². The highest BCUT2D eigenvalue weighted by molar-refractivity contribution is 6.04. The predicted molar refractivity (Wildman–Crippen MR) is 263 cm³/mol. The minimum absolute atomic E-state index is 0.000748. The fourth-order valence-electron chi connectivity index (χ4n) is 9.07. The number of aromatic nitrogens is 2. The number of allylic oxidation sites excluding steroid dienone is 2. The number of carbonyl (C=O) groups excluding carboxylic acids is 5. The smallest absolute Gasteiger partial charge is 0.430 e. The molecule has 4 aromatic carbocycles. The van der Waals surface area contributed by atoms with Gasteiger partial charge >= 0.3 is 42.5 Å². The van der Waals surface area contributed by atoms with E-state index in [1.807, 2.05) is 21.3 Å². The van der Waals surface area contributed by atoms with E-state index in [1.165, 1.54) is 72.2 Å². The molecule has 25 heteroatoms. The minimum atomic E-state index is -5.19. The van der Waals surface area contributed by atoms with Gasteiger partial charge in [-0.25, -0.2) is 28.3 Å². The van der Waals surface area contributed by atoms with Crippen molar-refractivity contribution in [3.63, 3.8) is 0 Å². The first-order chi connectivity index (χ1) is 37.7. The van der Waals surface area contributed by atoms with Crippen molar-refractivity contribution in [1.82, 2.24) is 14.4 Å². The second-order valence-electron chi connectivity index (χ2n) is 17.8. The van der Waals surface area contributed by atoms with E-state index < -0.39 is 71.7 Å². The quantitative estimate of drug-likeness (QED) is 0.0521. The van der Waals surface area contributed by atoms with E-state index in [4.69, 9.17) is 19.4 Å². The van der Waals surface area contributed by atoms with Crippen LogP contribution in [0.25, 0.3) is 0 Å².